The molecule has 0 spiro atoms. The molecular weight excluding hydrogens is 296 g/mol. The molecule has 2 unspecified atom stereocenters. The minimum absolute atomic E-state index is 0.00318. The van der Waals surface area contributed by atoms with Gasteiger partial charge in [-0.15, -0.1) is 0 Å². The average Bonchev–Trinajstić information content (AvgIpc) is 2.99. The van der Waals surface area contributed by atoms with Gasteiger partial charge in [-0.3, -0.25) is 4.79 Å². The Hall–Kier alpha value is -2.21. The summed E-state index contributed by atoms with van der Waals surface area (Å²) in [7, 11) is 0. The number of hydrogen-bond acceptors (Lipinski definition) is 6. The third-order valence-electron chi connectivity index (χ3n) is 3.94. The lowest BCUT2D eigenvalue weighted by Gasteiger charge is -2.30. The fourth-order valence-electron chi connectivity index (χ4n) is 2.75. The summed E-state index contributed by atoms with van der Waals surface area (Å²) in [6.07, 6.45) is 1.34. The fraction of sp³-hybridized carbons (Fsp3) is 0.471. The van der Waals surface area contributed by atoms with Crippen LogP contribution in [0.15, 0.2) is 28.8 Å². The van der Waals surface area contributed by atoms with E-state index in [4.69, 9.17) is 14.0 Å². The first-order chi connectivity index (χ1) is 11.1. The van der Waals surface area contributed by atoms with Crippen LogP contribution >= 0.6 is 0 Å². The second kappa shape index (κ2) is 6.91. The van der Waals surface area contributed by atoms with E-state index in [0.29, 0.717) is 18.3 Å². The van der Waals surface area contributed by atoms with Crippen LogP contribution in [-0.2, 0) is 20.9 Å². The molecule has 2 atom stereocenters. The van der Waals surface area contributed by atoms with Crippen LogP contribution in [0.5, 0.6) is 0 Å². The molecule has 1 aromatic heterocycles. The first-order valence-corrected chi connectivity index (χ1v) is 7.77. The molecule has 6 heteroatoms. The lowest BCUT2D eigenvalue weighted by molar-refractivity contribution is -0.160. The van der Waals surface area contributed by atoms with Gasteiger partial charge in [0.05, 0.1) is 12.0 Å². The summed E-state index contributed by atoms with van der Waals surface area (Å²) < 4.78 is 16.1. The van der Waals surface area contributed by atoms with Crippen molar-refractivity contribution in [3.05, 3.63) is 47.1 Å². The largest absolute Gasteiger partial charge is 0.455 e. The van der Waals surface area contributed by atoms with E-state index in [9.17, 15) is 4.79 Å². The van der Waals surface area contributed by atoms with Gasteiger partial charge in [0.25, 0.3) is 5.89 Å². The molecule has 0 N–H and O–H groups in total. The number of ether oxygens (including phenoxy) is 2. The third-order valence-corrected chi connectivity index (χ3v) is 3.94. The summed E-state index contributed by atoms with van der Waals surface area (Å²) in [6.45, 7) is 4.41. The Morgan fingerprint density at radius 3 is 2.78 bits per heavy atom. The van der Waals surface area contributed by atoms with E-state index in [1.165, 1.54) is 5.56 Å². The molecule has 6 nitrogen and oxygen atoms in total. The molecule has 0 amide bonds. The molecule has 1 fully saturated rings. The number of esters is 1. The average molecular weight is 316 g/mol. The highest BCUT2D eigenvalue weighted by molar-refractivity contribution is 5.73. The number of nitrogens with zero attached hydrogens (tertiary/aromatic N) is 2. The van der Waals surface area contributed by atoms with E-state index in [1.807, 2.05) is 31.2 Å². The maximum absolute atomic E-state index is 12.4. The Labute approximate surface area is 134 Å². The quantitative estimate of drug-likeness (QED) is 0.807. The van der Waals surface area contributed by atoms with E-state index >= 15 is 0 Å². The molecule has 1 saturated heterocycles. The Bertz CT molecular complexity index is 665. The molecule has 122 valence electrons. The number of carbonyl (C=O) groups excluding carboxylic acids is 1. The summed E-state index contributed by atoms with van der Waals surface area (Å²) in [5.74, 6) is 0.232. The molecule has 1 aliphatic heterocycles. The van der Waals surface area contributed by atoms with Gasteiger partial charge in [-0.1, -0.05) is 35.0 Å². The van der Waals surface area contributed by atoms with Crippen LogP contribution in [0.2, 0.25) is 0 Å². The maximum Gasteiger partial charge on any atom is 0.312 e. The van der Waals surface area contributed by atoms with E-state index in [0.717, 1.165) is 18.4 Å². The molecule has 0 saturated carbocycles. The molecule has 0 radical (unpaired) electrons. The SMILES string of the molecule is Cc1ccc(C2OCCCC2C(=O)OCc2nc(C)no2)cc1. The van der Waals surface area contributed by atoms with Crippen molar-refractivity contribution in [3.8, 4) is 0 Å². The highest BCUT2D eigenvalue weighted by Gasteiger charge is 2.34. The molecular formula is C17H20N2O4. The maximum atomic E-state index is 12.4. The van der Waals surface area contributed by atoms with Crippen molar-refractivity contribution in [1.29, 1.82) is 0 Å². The lowest BCUT2D eigenvalue weighted by atomic mass is 9.89. The molecule has 1 aromatic carbocycles. The van der Waals surface area contributed by atoms with Gasteiger partial charge >= 0.3 is 5.97 Å². The zero-order chi connectivity index (χ0) is 16.2. The summed E-state index contributed by atoms with van der Waals surface area (Å²) >= 11 is 0. The molecule has 2 aromatic rings. The van der Waals surface area contributed by atoms with Crippen LogP contribution in [0.4, 0.5) is 0 Å². The van der Waals surface area contributed by atoms with Crippen LogP contribution in [0.3, 0.4) is 0 Å². The zero-order valence-electron chi connectivity index (χ0n) is 13.3. The Kier molecular flexibility index (Phi) is 4.71. The van der Waals surface area contributed by atoms with Crippen LogP contribution in [0.1, 0.15) is 41.8 Å². The zero-order valence-corrected chi connectivity index (χ0v) is 13.3. The highest BCUT2D eigenvalue weighted by Crippen LogP contribution is 2.34. The van der Waals surface area contributed by atoms with Crippen molar-refractivity contribution in [2.24, 2.45) is 5.92 Å². The monoisotopic (exact) mass is 316 g/mol. The van der Waals surface area contributed by atoms with Crippen LogP contribution < -0.4 is 0 Å². The lowest BCUT2D eigenvalue weighted by Crippen LogP contribution is -2.30. The normalized spacial score (nSPS) is 21.1. The van der Waals surface area contributed by atoms with Crippen LogP contribution in [0, 0.1) is 19.8 Å². The number of hydrogen-bond donors (Lipinski definition) is 0. The predicted molar refractivity (Wildman–Crippen MR) is 81.4 cm³/mol. The van der Waals surface area contributed by atoms with Gasteiger partial charge in [0.1, 0.15) is 0 Å². The predicted octanol–water partition coefficient (Wildman–Crippen LogP) is 2.90. The Morgan fingerprint density at radius 2 is 2.09 bits per heavy atom. The minimum atomic E-state index is -0.310. The van der Waals surface area contributed by atoms with Crippen molar-refractivity contribution in [3.63, 3.8) is 0 Å². The first kappa shape index (κ1) is 15.7. The number of aryl methyl sites for hydroxylation is 2. The molecule has 3 rings (SSSR count). The van der Waals surface area contributed by atoms with Crippen molar-refractivity contribution in [2.75, 3.05) is 6.61 Å². The van der Waals surface area contributed by atoms with Crippen molar-refractivity contribution in [2.45, 2.75) is 39.4 Å². The van der Waals surface area contributed by atoms with Gasteiger partial charge in [0.2, 0.25) is 0 Å². The second-order valence-electron chi connectivity index (χ2n) is 5.79. The van der Waals surface area contributed by atoms with Crippen molar-refractivity contribution in [1.82, 2.24) is 10.1 Å². The molecule has 0 aliphatic carbocycles. The van der Waals surface area contributed by atoms with Crippen molar-refractivity contribution < 1.29 is 18.8 Å². The van der Waals surface area contributed by atoms with Gasteiger partial charge in [0, 0.05) is 6.61 Å². The smallest absolute Gasteiger partial charge is 0.312 e. The van der Waals surface area contributed by atoms with Gasteiger partial charge in [-0.2, -0.15) is 4.98 Å². The second-order valence-corrected chi connectivity index (χ2v) is 5.79. The van der Waals surface area contributed by atoms with Crippen LogP contribution in [0.25, 0.3) is 0 Å². The first-order valence-electron chi connectivity index (χ1n) is 7.77. The highest BCUT2D eigenvalue weighted by atomic mass is 16.6. The summed E-state index contributed by atoms with van der Waals surface area (Å²) in [5.41, 5.74) is 2.18. The van der Waals surface area contributed by atoms with Gasteiger partial charge in [-0.05, 0) is 32.3 Å². The third kappa shape index (κ3) is 3.76. The summed E-state index contributed by atoms with van der Waals surface area (Å²) in [4.78, 5) is 16.5. The molecule has 0 bridgehead atoms. The number of rotatable bonds is 4. The molecule has 23 heavy (non-hydrogen) atoms. The summed E-state index contributed by atoms with van der Waals surface area (Å²) in [5, 5.41) is 3.68. The summed E-state index contributed by atoms with van der Waals surface area (Å²) in [6, 6.07) is 8.06. The Balaban J connectivity index is 1.67. The van der Waals surface area contributed by atoms with E-state index in [1.54, 1.807) is 6.92 Å². The van der Waals surface area contributed by atoms with Crippen LogP contribution in [-0.4, -0.2) is 22.7 Å². The number of aromatic nitrogens is 2. The minimum Gasteiger partial charge on any atom is -0.455 e. The van der Waals surface area contributed by atoms with Gasteiger partial charge < -0.3 is 14.0 Å². The molecule has 1 aliphatic rings. The Morgan fingerprint density at radius 1 is 1.30 bits per heavy atom. The van der Waals surface area contributed by atoms with Gasteiger partial charge in [-0.25, -0.2) is 0 Å². The fourth-order valence-corrected chi connectivity index (χ4v) is 2.75. The van der Waals surface area contributed by atoms with E-state index in [-0.39, 0.29) is 24.6 Å². The standard InChI is InChI=1S/C17H20N2O4/c1-11-5-7-13(8-6-11)16-14(4-3-9-21-16)17(20)22-10-15-18-12(2)19-23-15/h5-8,14,16H,3-4,9-10H2,1-2H3. The van der Waals surface area contributed by atoms with Crippen molar-refractivity contribution >= 4 is 5.97 Å². The number of benzene rings is 1. The number of carbonyl (C=O) groups is 1. The van der Waals surface area contributed by atoms with E-state index < -0.39 is 0 Å². The topological polar surface area (TPSA) is 74.5 Å². The van der Waals surface area contributed by atoms with E-state index in [2.05, 4.69) is 10.1 Å². The molecule has 2 heterocycles. The van der Waals surface area contributed by atoms with Gasteiger partial charge in [0.15, 0.2) is 12.4 Å².